The van der Waals surface area contributed by atoms with E-state index in [1.54, 1.807) is 12.4 Å². The van der Waals surface area contributed by atoms with Crippen molar-refractivity contribution in [3.63, 3.8) is 0 Å². The molecule has 36 heavy (non-hydrogen) atoms. The van der Waals surface area contributed by atoms with E-state index in [0.717, 1.165) is 41.2 Å². The van der Waals surface area contributed by atoms with Gasteiger partial charge in [0.1, 0.15) is 0 Å². The van der Waals surface area contributed by atoms with Crippen molar-refractivity contribution in [3.05, 3.63) is 72.2 Å². The number of hydrogen-bond donors (Lipinski definition) is 0. The van der Waals surface area contributed by atoms with Crippen LogP contribution < -0.4 is 4.90 Å². The summed E-state index contributed by atoms with van der Waals surface area (Å²) in [5, 5.41) is 13.7. The van der Waals surface area contributed by atoms with E-state index in [-0.39, 0.29) is 0 Å². The molecule has 1 fully saturated rings. The molecule has 0 saturated carbocycles. The van der Waals surface area contributed by atoms with Crippen molar-refractivity contribution in [2.24, 2.45) is 10.2 Å². The van der Waals surface area contributed by atoms with Crippen molar-refractivity contribution in [3.8, 4) is 11.3 Å². The Labute approximate surface area is 212 Å². The highest BCUT2D eigenvalue weighted by Gasteiger charge is 2.19. The zero-order chi connectivity index (χ0) is 24.7. The number of hydrogen-bond acceptors (Lipinski definition) is 7. The normalized spacial score (nSPS) is 15.1. The van der Waals surface area contributed by atoms with Crippen LogP contribution in [-0.2, 0) is 11.3 Å². The Morgan fingerprint density at radius 1 is 1.08 bits per heavy atom. The average molecular weight is 484 g/mol. The van der Waals surface area contributed by atoms with Gasteiger partial charge in [0.2, 0.25) is 0 Å². The number of ether oxygens (including phenoxy) is 1. The summed E-state index contributed by atoms with van der Waals surface area (Å²) >= 11 is 0. The second kappa shape index (κ2) is 11.4. The highest BCUT2D eigenvalue weighted by molar-refractivity contribution is 5.75. The summed E-state index contributed by atoms with van der Waals surface area (Å²) in [6.45, 7) is 8.05. The third kappa shape index (κ3) is 5.60. The number of benzene rings is 1. The van der Waals surface area contributed by atoms with Gasteiger partial charge < -0.3 is 9.64 Å². The van der Waals surface area contributed by atoms with Crippen molar-refractivity contribution in [1.29, 1.82) is 0 Å². The van der Waals surface area contributed by atoms with Gasteiger partial charge in [0, 0.05) is 37.1 Å². The van der Waals surface area contributed by atoms with Crippen LogP contribution in [0.25, 0.3) is 16.9 Å². The topological polar surface area (TPSA) is 80.3 Å². The van der Waals surface area contributed by atoms with Gasteiger partial charge in [0.05, 0.1) is 37.3 Å². The number of imidazole rings is 1. The molecule has 1 saturated heterocycles. The lowest BCUT2D eigenvalue weighted by Crippen LogP contribution is -2.36. The number of pyridine rings is 1. The monoisotopic (exact) mass is 483 g/mol. The van der Waals surface area contributed by atoms with Gasteiger partial charge in [-0.1, -0.05) is 51.0 Å². The number of anilines is 1. The largest absolute Gasteiger partial charge is 0.378 e. The maximum Gasteiger partial charge on any atom is 0.196 e. The van der Waals surface area contributed by atoms with Crippen molar-refractivity contribution >= 4 is 17.2 Å². The third-order valence-corrected chi connectivity index (χ3v) is 6.66. The lowest BCUT2D eigenvalue weighted by atomic mass is 9.94. The maximum atomic E-state index is 5.57. The highest BCUT2D eigenvalue weighted by Crippen LogP contribution is 2.29. The Kier molecular flexibility index (Phi) is 7.61. The molecule has 1 atom stereocenters. The van der Waals surface area contributed by atoms with Crippen LogP contribution in [0.4, 0.5) is 11.5 Å². The predicted octanol–water partition coefficient (Wildman–Crippen LogP) is 6.21. The molecule has 8 nitrogen and oxygen atoms in total. The highest BCUT2D eigenvalue weighted by atomic mass is 16.5. The van der Waals surface area contributed by atoms with E-state index in [0.29, 0.717) is 31.5 Å². The number of morpholine rings is 1. The first-order chi connectivity index (χ1) is 17.7. The summed E-state index contributed by atoms with van der Waals surface area (Å²) in [5.41, 5.74) is 6.18. The van der Waals surface area contributed by atoms with Crippen LogP contribution in [0.3, 0.4) is 0 Å². The summed E-state index contributed by atoms with van der Waals surface area (Å²) in [6.07, 6.45) is 9.17. The van der Waals surface area contributed by atoms with Crippen LogP contribution in [0.1, 0.15) is 50.2 Å². The van der Waals surface area contributed by atoms with Crippen molar-refractivity contribution in [2.75, 3.05) is 31.2 Å². The molecule has 1 unspecified atom stereocenters. The summed E-state index contributed by atoms with van der Waals surface area (Å²) in [7, 11) is 0. The minimum Gasteiger partial charge on any atom is -0.378 e. The number of unbranched alkanes of at least 4 members (excludes halogenated alkanes) is 1. The SMILES string of the molecule is CCCCC(C)c1cccc(CN=Nc2cc(N3CCOCC3)c3nc(-c4ccncc4)cn3n2)c1. The molecule has 3 aromatic heterocycles. The Balaban J connectivity index is 1.41. The molecule has 0 bridgehead atoms. The number of fused-ring (bicyclic) bond motifs is 1. The van der Waals surface area contributed by atoms with Gasteiger partial charge in [-0.25, -0.2) is 9.50 Å². The fourth-order valence-electron chi connectivity index (χ4n) is 4.56. The first-order valence-corrected chi connectivity index (χ1v) is 12.8. The number of nitrogens with zero attached hydrogens (tertiary/aromatic N) is 7. The molecular formula is C28H33N7O. The Hall–Kier alpha value is -3.65. The van der Waals surface area contributed by atoms with Gasteiger partial charge in [0.25, 0.3) is 0 Å². The predicted molar refractivity (Wildman–Crippen MR) is 142 cm³/mol. The molecule has 8 heteroatoms. The van der Waals surface area contributed by atoms with E-state index < -0.39 is 0 Å². The van der Waals surface area contributed by atoms with Gasteiger partial charge >= 0.3 is 0 Å². The maximum absolute atomic E-state index is 5.57. The summed E-state index contributed by atoms with van der Waals surface area (Å²) in [6, 6.07) is 14.6. The minimum absolute atomic E-state index is 0.521. The third-order valence-electron chi connectivity index (χ3n) is 6.66. The standard InChI is InChI=1S/C28H33N7O/c1-3-4-6-21(2)24-8-5-7-22(17-24)19-30-32-27-18-26(34-13-15-36-16-14-34)28-31-25(20-35(28)33-27)23-9-11-29-12-10-23/h5,7-12,17-18,20-21H,3-4,6,13-16,19H2,1-2H3. The van der Waals surface area contributed by atoms with Gasteiger partial charge in [-0.3, -0.25) is 4.98 Å². The van der Waals surface area contributed by atoms with Crippen LogP contribution in [0, 0.1) is 0 Å². The average Bonchev–Trinajstić information content (AvgIpc) is 3.37. The van der Waals surface area contributed by atoms with E-state index in [1.807, 2.05) is 28.9 Å². The van der Waals surface area contributed by atoms with Gasteiger partial charge in [-0.2, -0.15) is 5.11 Å². The molecular weight excluding hydrogens is 450 g/mol. The van der Waals surface area contributed by atoms with E-state index in [2.05, 4.69) is 58.2 Å². The zero-order valence-electron chi connectivity index (χ0n) is 21.0. The van der Waals surface area contributed by atoms with E-state index in [9.17, 15) is 0 Å². The van der Waals surface area contributed by atoms with Gasteiger partial charge in [0.15, 0.2) is 11.5 Å². The first kappa shape index (κ1) is 24.1. The molecule has 0 aliphatic carbocycles. The Bertz CT molecular complexity index is 1310. The molecule has 186 valence electrons. The molecule has 0 radical (unpaired) electrons. The Morgan fingerprint density at radius 2 is 1.92 bits per heavy atom. The summed E-state index contributed by atoms with van der Waals surface area (Å²) < 4.78 is 7.38. The molecule has 5 rings (SSSR count). The van der Waals surface area contributed by atoms with Crippen LogP contribution in [-0.4, -0.2) is 45.9 Å². The summed E-state index contributed by atoms with van der Waals surface area (Å²) in [4.78, 5) is 11.3. The number of rotatable bonds is 9. The van der Waals surface area contributed by atoms with Crippen LogP contribution in [0.5, 0.6) is 0 Å². The van der Waals surface area contributed by atoms with E-state index in [4.69, 9.17) is 14.8 Å². The minimum atomic E-state index is 0.521. The fourth-order valence-corrected chi connectivity index (χ4v) is 4.56. The summed E-state index contributed by atoms with van der Waals surface area (Å²) in [5.74, 6) is 1.12. The number of aromatic nitrogens is 4. The lowest BCUT2D eigenvalue weighted by molar-refractivity contribution is 0.123. The molecule has 1 aliphatic heterocycles. The molecule has 1 aliphatic rings. The quantitative estimate of drug-likeness (QED) is 0.265. The van der Waals surface area contributed by atoms with Crippen LogP contribution in [0.15, 0.2) is 71.3 Å². The molecule has 0 spiro atoms. The zero-order valence-corrected chi connectivity index (χ0v) is 21.0. The van der Waals surface area contributed by atoms with Crippen LogP contribution >= 0.6 is 0 Å². The van der Waals surface area contributed by atoms with E-state index >= 15 is 0 Å². The molecule has 1 aromatic carbocycles. The van der Waals surface area contributed by atoms with Gasteiger partial charge in [-0.15, -0.1) is 10.2 Å². The fraction of sp³-hybridized carbons (Fsp3) is 0.393. The smallest absolute Gasteiger partial charge is 0.196 e. The van der Waals surface area contributed by atoms with Crippen LogP contribution in [0.2, 0.25) is 0 Å². The Morgan fingerprint density at radius 3 is 2.72 bits per heavy atom. The second-order valence-corrected chi connectivity index (χ2v) is 9.31. The van der Waals surface area contributed by atoms with Crippen molar-refractivity contribution < 1.29 is 4.74 Å². The van der Waals surface area contributed by atoms with Crippen molar-refractivity contribution in [2.45, 2.75) is 45.6 Å². The number of azo groups is 1. The second-order valence-electron chi connectivity index (χ2n) is 9.31. The molecule has 0 N–H and O–H groups in total. The van der Waals surface area contributed by atoms with Crippen molar-refractivity contribution in [1.82, 2.24) is 19.6 Å². The molecule has 4 heterocycles. The molecule has 0 amide bonds. The lowest BCUT2D eigenvalue weighted by Gasteiger charge is -2.28. The van der Waals surface area contributed by atoms with Gasteiger partial charge in [-0.05, 0) is 35.6 Å². The molecule has 4 aromatic rings. The first-order valence-electron chi connectivity index (χ1n) is 12.8. The van der Waals surface area contributed by atoms with E-state index in [1.165, 1.54) is 24.8 Å².